The Morgan fingerprint density at radius 2 is 1.83 bits per heavy atom. The molecule has 1 aliphatic rings. The van der Waals surface area contributed by atoms with Crippen molar-refractivity contribution < 1.29 is 6.22 Å². The Hall–Kier alpha value is -2.13. The number of likely N-dealkylation sites (tertiary alicyclic amines) is 1. The molecule has 0 saturated carbocycles. The van der Waals surface area contributed by atoms with Crippen LogP contribution in [-0.2, 0) is 6.54 Å². The number of nitrogens with one attached hydrogen (secondary N) is 1. The van der Waals surface area contributed by atoms with Crippen molar-refractivity contribution in [3.63, 3.8) is 0 Å². The van der Waals surface area contributed by atoms with Crippen LogP contribution >= 0.6 is 0 Å². The second-order valence-corrected chi connectivity index (χ2v) is 6.36. The number of anilines is 1. The minimum Gasteiger partial charge on any atom is -0.322 e. The number of nitrogens with zero attached hydrogens (tertiary/aromatic N) is 1. The van der Waals surface area contributed by atoms with Crippen LogP contribution in [0.5, 0.6) is 0 Å². The van der Waals surface area contributed by atoms with Crippen molar-refractivity contribution in [2.75, 3.05) is 18.4 Å². The normalized spacial score (nSPS) is 15.3. The van der Waals surface area contributed by atoms with Gasteiger partial charge in [-0.3, -0.25) is 9.69 Å². The molecule has 2 aromatic rings. The van der Waals surface area contributed by atoms with Crippen molar-refractivity contribution in [1.82, 2.24) is 4.90 Å². The van der Waals surface area contributed by atoms with Crippen molar-refractivity contribution in [2.45, 2.75) is 32.7 Å². The van der Waals surface area contributed by atoms with Gasteiger partial charge in [0, 0.05) is 19.2 Å². The van der Waals surface area contributed by atoms with Crippen molar-refractivity contribution in [2.24, 2.45) is 0 Å². The van der Waals surface area contributed by atoms with Crippen LogP contribution in [0.4, 0.5) is 5.69 Å². The maximum atomic E-state index is 12.2. The lowest BCUT2D eigenvalue weighted by molar-refractivity contribution is 0.102. The van der Waals surface area contributed by atoms with E-state index in [2.05, 4.69) is 22.3 Å². The summed E-state index contributed by atoms with van der Waals surface area (Å²) < 4.78 is 0. The van der Waals surface area contributed by atoms with E-state index in [4.69, 9.17) is 0 Å². The minimum atomic E-state index is -0.0579. The molecule has 3 rings (SSSR count). The van der Waals surface area contributed by atoms with Gasteiger partial charge in [-0.1, -0.05) is 36.2 Å². The number of benzene rings is 2. The van der Waals surface area contributed by atoms with Crippen molar-refractivity contribution >= 4 is 11.6 Å². The van der Waals surface area contributed by atoms with E-state index in [1.807, 2.05) is 43.3 Å². The first-order valence-corrected chi connectivity index (χ1v) is 8.40. The molecule has 3 heteroatoms. The molecule has 122 valence electrons. The highest BCUT2D eigenvalue weighted by Crippen LogP contribution is 2.16. The zero-order valence-corrected chi connectivity index (χ0v) is 13.7. The smallest absolute Gasteiger partial charge is 0.255 e. The lowest BCUT2D eigenvalue weighted by atomic mass is 10.1. The number of hydrogen-bond donors (Lipinski definition) is 1. The molecule has 0 aromatic heterocycles. The average Bonchev–Trinajstić information content (AvgIpc) is 2.57. The quantitative estimate of drug-likeness (QED) is 0.903. The third-order valence-corrected chi connectivity index (χ3v) is 4.35. The molecule has 1 aliphatic heterocycles. The Morgan fingerprint density at radius 1 is 1.09 bits per heavy atom. The van der Waals surface area contributed by atoms with Crippen molar-refractivity contribution in [3.8, 4) is 0 Å². The van der Waals surface area contributed by atoms with Gasteiger partial charge in [-0.05, 0) is 62.7 Å². The Balaban J connectivity index is 0.00000208. The van der Waals surface area contributed by atoms with E-state index in [0.717, 1.165) is 17.8 Å². The molecule has 0 atom stereocenters. The highest BCUT2D eigenvalue weighted by molar-refractivity contribution is 6.04. The Morgan fingerprint density at radius 3 is 2.52 bits per heavy atom. The third-order valence-electron chi connectivity index (χ3n) is 4.35. The summed E-state index contributed by atoms with van der Waals surface area (Å²) in [5, 5.41) is 2.96. The standard InChI is InChI=1S/C20H24N2O.H2/c1-16-6-5-7-18(14-16)20(23)21-19-10-8-17(9-11-19)15-22-12-3-2-4-13-22;/h5-11,14H,2-4,12-13,15H2,1H3,(H,21,23);1H. The van der Waals surface area contributed by atoms with E-state index in [1.165, 1.54) is 37.9 Å². The zero-order chi connectivity index (χ0) is 16.1. The summed E-state index contributed by atoms with van der Waals surface area (Å²) in [5.41, 5.74) is 3.94. The van der Waals surface area contributed by atoms with E-state index >= 15 is 0 Å². The average molecular weight is 310 g/mol. The molecular formula is C20H26N2O. The maximum Gasteiger partial charge on any atom is 0.255 e. The number of carbonyl (C=O) groups is 1. The fourth-order valence-electron chi connectivity index (χ4n) is 3.06. The molecule has 1 fully saturated rings. The second kappa shape index (κ2) is 7.42. The van der Waals surface area contributed by atoms with Crippen LogP contribution in [-0.4, -0.2) is 23.9 Å². The maximum absolute atomic E-state index is 12.2. The van der Waals surface area contributed by atoms with E-state index < -0.39 is 0 Å². The number of piperidine rings is 1. The molecule has 0 unspecified atom stereocenters. The molecule has 1 saturated heterocycles. The van der Waals surface area contributed by atoms with Gasteiger partial charge in [0.1, 0.15) is 0 Å². The van der Waals surface area contributed by atoms with Crippen molar-refractivity contribution in [3.05, 3.63) is 65.2 Å². The van der Waals surface area contributed by atoms with E-state index in [0.29, 0.717) is 5.56 Å². The highest BCUT2D eigenvalue weighted by atomic mass is 16.1. The second-order valence-electron chi connectivity index (χ2n) is 6.36. The topological polar surface area (TPSA) is 32.3 Å². The van der Waals surface area contributed by atoms with Crippen LogP contribution in [0.3, 0.4) is 0 Å². The number of hydrogen-bond acceptors (Lipinski definition) is 2. The molecule has 1 N–H and O–H groups in total. The Kier molecular flexibility index (Phi) is 5.09. The van der Waals surface area contributed by atoms with Crippen LogP contribution in [0, 0.1) is 6.92 Å². The molecule has 0 aliphatic carbocycles. The molecule has 1 heterocycles. The predicted octanol–water partition coefficient (Wildman–Crippen LogP) is 4.48. The summed E-state index contributed by atoms with van der Waals surface area (Å²) in [5.74, 6) is -0.0579. The van der Waals surface area contributed by atoms with Gasteiger partial charge in [0.2, 0.25) is 0 Å². The fourth-order valence-corrected chi connectivity index (χ4v) is 3.06. The van der Waals surface area contributed by atoms with Gasteiger partial charge in [0.05, 0.1) is 0 Å². The van der Waals surface area contributed by atoms with Crippen LogP contribution in [0.2, 0.25) is 0 Å². The lowest BCUT2D eigenvalue weighted by Crippen LogP contribution is -2.29. The first-order valence-electron chi connectivity index (χ1n) is 8.40. The van der Waals surface area contributed by atoms with Crippen LogP contribution < -0.4 is 5.32 Å². The summed E-state index contributed by atoms with van der Waals surface area (Å²) in [7, 11) is 0. The predicted molar refractivity (Wildman–Crippen MR) is 96.8 cm³/mol. The summed E-state index contributed by atoms with van der Waals surface area (Å²) in [6.45, 7) is 5.40. The van der Waals surface area contributed by atoms with E-state index in [1.54, 1.807) is 0 Å². The monoisotopic (exact) mass is 310 g/mol. The van der Waals surface area contributed by atoms with Crippen LogP contribution in [0.1, 0.15) is 42.2 Å². The summed E-state index contributed by atoms with van der Waals surface area (Å²) in [6.07, 6.45) is 3.98. The molecule has 1 amide bonds. The number of aryl methyl sites for hydroxylation is 1. The highest BCUT2D eigenvalue weighted by Gasteiger charge is 2.10. The Bertz CT molecular complexity index is 664. The molecular weight excluding hydrogens is 284 g/mol. The number of rotatable bonds is 4. The van der Waals surface area contributed by atoms with E-state index in [-0.39, 0.29) is 7.33 Å². The zero-order valence-electron chi connectivity index (χ0n) is 13.7. The van der Waals surface area contributed by atoms with Gasteiger partial charge >= 0.3 is 0 Å². The summed E-state index contributed by atoms with van der Waals surface area (Å²) in [4.78, 5) is 14.8. The van der Waals surface area contributed by atoms with Gasteiger partial charge in [-0.15, -0.1) is 0 Å². The van der Waals surface area contributed by atoms with Gasteiger partial charge < -0.3 is 5.32 Å². The van der Waals surface area contributed by atoms with Gasteiger partial charge in [-0.25, -0.2) is 0 Å². The largest absolute Gasteiger partial charge is 0.322 e. The van der Waals surface area contributed by atoms with Crippen LogP contribution in [0.25, 0.3) is 0 Å². The molecule has 3 nitrogen and oxygen atoms in total. The van der Waals surface area contributed by atoms with Crippen molar-refractivity contribution in [1.29, 1.82) is 0 Å². The number of amides is 1. The molecule has 23 heavy (non-hydrogen) atoms. The molecule has 2 aromatic carbocycles. The van der Waals surface area contributed by atoms with Gasteiger partial charge in [0.25, 0.3) is 5.91 Å². The Labute approximate surface area is 139 Å². The summed E-state index contributed by atoms with van der Waals surface area (Å²) >= 11 is 0. The lowest BCUT2D eigenvalue weighted by Gasteiger charge is -2.26. The minimum absolute atomic E-state index is 0. The SMILES string of the molecule is Cc1cccc(C(=O)Nc2ccc(CN3CCCCC3)cc2)c1.[HH]. The summed E-state index contributed by atoms with van der Waals surface area (Å²) in [6, 6.07) is 15.9. The number of carbonyl (C=O) groups excluding carboxylic acids is 1. The van der Waals surface area contributed by atoms with Gasteiger partial charge in [-0.2, -0.15) is 0 Å². The first kappa shape index (κ1) is 15.8. The molecule has 0 radical (unpaired) electrons. The fraction of sp³-hybridized carbons (Fsp3) is 0.350. The first-order chi connectivity index (χ1) is 11.2. The molecule has 0 spiro atoms. The van der Waals surface area contributed by atoms with E-state index in [9.17, 15) is 4.79 Å². The van der Waals surface area contributed by atoms with Crippen LogP contribution in [0.15, 0.2) is 48.5 Å². The third kappa shape index (κ3) is 4.42. The molecule has 0 bridgehead atoms. The van der Waals surface area contributed by atoms with Gasteiger partial charge in [0.15, 0.2) is 0 Å².